The molecule has 36 heavy (non-hydrogen) atoms. The molecule has 0 aliphatic carbocycles. The van der Waals surface area contributed by atoms with Crippen LogP contribution in [-0.4, -0.2) is 21.8 Å². The van der Waals surface area contributed by atoms with Crippen LogP contribution in [0.3, 0.4) is 0 Å². The van der Waals surface area contributed by atoms with Gasteiger partial charge in [0.2, 0.25) is 12.7 Å². The number of carbonyl (C=O) groups excluding carboxylic acids is 1. The fraction of sp³-hybridized carbons (Fsp3) is 0.240. The molecule has 0 unspecified atom stereocenters. The minimum atomic E-state index is -0.507. The molecule has 1 aliphatic heterocycles. The Kier molecular flexibility index (Phi) is 6.80. The molecular formula is C25H21ClFN3O5S. The lowest BCUT2D eigenvalue weighted by molar-refractivity contribution is -0.121. The van der Waals surface area contributed by atoms with Gasteiger partial charge in [-0.2, -0.15) is 0 Å². The maximum Gasteiger partial charge on any atom is 0.331 e. The molecule has 186 valence electrons. The first-order chi connectivity index (χ1) is 17.4. The molecule has 0 spiro atoms. The molecule has 5 rings (SSSR count). The number of benzene rings is 2. The maximum atomic E-state index is 13.5. The van der Waals surface area contributed by atoms with Gasteiger partial charge in [0, 0.05) is 24.5 Å². The van der Waals surface area contributed by atoms with Gasteiger partial charge >= 0.3 is 5.69 Å². The fourth-order valence-corrected chi connectivity index (χ4v) is 5.11. The zero-order valence-electron chi connectivity index (χ0n) is 19.0. The normalized spacial score (nSPS) is 12.3. The van der Waals surface area contributed by atoms with E-state index in [1.54, 1.807) is 17.5 Å². The molecule has 3 heterocycles. The Morgan fingerprint density at radius 3 is 2.75 bits per heavy atom. The number of fused-ring (bicyclic) bond motifs is 2. The van der Waals surface area contributed by atoms with E-state index in [2.05, 4.69) is 5.32 Å². The minimum Gasteiger partial charge on any atom is -0.454 e. The molecule has 11 heteroatoms. The van der Waals surface area contributed by atoms with Crippen molar-refractivity contribution in [1.82, 2.24) is 14.5 Å². The summed E-state index contributed by atoms with van der Waals surface area (Å²) in [6.07, 6.45) is 0.443. The number of ether oxygens (including phenoxy) is 2. The van der Waals surface area contributed by atoms with Crippen LogP contribution in [0.4, 0.5) is 4.39 Å². The van der Waals surface area contributed by atoms with Crippen LogP contribution in [0.5, 0.6) is 11.5 Å². The van der Waals surface area contributed by atoms with Crippen molar-refractivity contribution in [2.45, 2.75) is 32.5 Å². The summed E-state index contributed by atoms with van der Waals surface area (Å²) in [6.45, 7) is 0.670. The first-order valence-electron chi connectivity index (χ1n) is 11.2. The van der Waals surface area contributed by atoms with Crippen molar-refractivity contribution in [3.63, 3.8) is 0 Å². The zero-order chi connectivity index (χ0) is 25.2. The molecule has 0 saturated carbocycles. The average Bonchev–Trinajstić information content (AvgIpc) is 3.53. The van der Waals surface area contributed by atoms with Gasteiger partial charge in [0.05, 0.1) is 12.1 Å². The van der Waals surface area contributed by atoms with Gasteiger partial charge in [-0.25, -0.2) is 9.18 Å². The van der Waals surface area contributed by atoms with Gasteiger partial charge in [-0.3, -0.25) is 18.7 Å². The van der Waals surface area contributed by atoms with Crippen molar-refractivity contribution in [2.24, 2.45) is 0 Å². The van der Waals surface area contributed by atoms with E-state index in [0.717, 1.165) is 10.1 Å². The van der Waals surface area contributed by atoms with Crippen LogP contribution in [0.25, 0.3) is 10.2 Å². The summed E-state index contributed by atoms with van der Waals surface area (Å²) in [7, 11) is 0. The summed E-state index contributed by atoms with van der Waals surface area (Å²) in [6, 6.07) is 11.1. The summed E-state index contributed by atoms with van der Waals surface area (Å²) in [5.74, 6) is 0.642. The van der Waals surface area contributed by atoms with E-state index in [4.69, 9.17) is 21.1 Å². The smallest absolute Gasteiger partial charge is 0.331 e. The molecule has 1 N–H and O–H groups in total. The molecule has 0 radical (unpaired) electrons. The van der Waals surface area contributed by atoms with E-state index < -0.39 is 17.1 Å². The summed E-state index contributed by atoms with van der Waals surface area (Å²) in [5.41, 5.74) is 1.02. The number of nitrogens with one attached hydrogen (secondary N) is 1. The van der Waals surface area contributed by atoms with E-state index in [1.165, 1.54) is 34.1 Å². The fourth-order valence-electron chi connectivity index (χ4n) is 4.04. The molecule has 0 bridgehead atoms. The van der Waals surface area contributed by atoms with Crippen LogP contribution >= 0.6 is 22.9 Å². The van der Waals surface area contributed by atoms with Gasteiger partial charge in [0.25, 0.3) is 5.56 Å². The van der Waals surface area contributed by atoms with E-state index in [9.17, 15) is 18.8 Å². The van der Waals surface area contributed by atoms with Crippen LogP contribution in [0, 0.1) is 5.82 Å². The highest BCUT2D eigenvalue weighted by molar-refractivity contribution is 7.17. The quantitative estimate of drug-likeness (QED) is 0.374. The van der Waals surface area contributed by atoms with Crippen LogP contribution in [0.2, 0.25) is 5.02 Å². The number of thiophene rings is 1. The second-order valence-corrected chi connectivity index (χ2v) is 9.59. The van der Waals surface area contributed by atoms with Gasteiger partial charge in [-0.1, -0.05) is 23.7 Å². The lowest BCUT2D eigenvalue weighted by Crippen LogP contribution is -2.40. The van der Waals surface area contributed by atoms with Gasteiger partial charge in [0.1, 0.15) is 10.5 Å². The Hall–Kier alpha value is -3.63. The number of hydrogen-bond donors (Lipinski definition) is 1. The third-order valence-electron chi connectivity index (χ3n) is 5.89. The molecule has 2 aromatic carbocycles. The second kappa shape index (κ2) is 10.2. The Morgan fingerprint density at radius 1 is 1.08 bits per heavy atom. The molecule has 0 saturated heterocycles. The first-order valence-corrected chi connectivity index (χ1v) is 12.5. The second-order valence-electron chi connectivity index (χ2n) is 8.26. The highest BCUT2D eigenvalue weighted by Crippen LogP contribution is 2.32. The van der Waals surface area contributed by atoms with Crippen molar-refractivity contribution < 1.29 is 18.7 Å². The Labute approximate surface area is 213 Å². The molecule has 4 aromatic rings. The van der Waals surface area contributed by atoms with Gasteiger partial charge in [-0.15, -0.1) is 11.3 Å². The minimum absolute atomic E-state index is 0.0834. The summed E-state index contributed by atoms with van der Waals surface area (Å²) in [5, 5.41) is 4.77. The molecular weight excluding hydrogens is 509 g/mol. The Balaban J connectivity index is 1.27. The van der Waals surface area contributed by atoms with Crippen LogP contribution in [0.15, 0.2) is 57.4 Å². The predicted molar refractivity (Wildman–Crippen MR) is 135 cm³/mol. The summed E-state index contributed by atoms with van der Waals surface area (Å²) < 4.78 is 27.1. The van der Waals surface area contributed by atoms with Crippen molar-refractivity contribution in [3.05, 3.63) is 90.6 Å². The van der Waals surface area contributed by atoms with Crippen molar-refractivity contribution >= 4 is 39.1 Å². The highest BCUT2D eigenvalue weighted by Gasteiger charge is 2.17. The third-order valence-corrected chi connectivity index (χ3v) is 7.14. The van der Waals surface area contributed by atoms with E-state index in [1.807, 2.05) is 12.1 Å². The first kappa shape index (κ1) is 24.1. The third kappa shape index (κ3) is 4.87. The van der Waals surface area contributed by atoms with Gasteiger partial charge in [0.15, 0.2) is 11.5 Å². The maximum absolute atomic E-state index is 13.5. The predicted octanol–water partition coefficient (Wildman–Crippen LogP) is 3.89. The zero-order valence-corrected chi connectivity index (χ0v) is 20.5. The molecule has 1 aliphatic rings. The average molecular weight is 530 g/mol. The number of hydrogen-bond acceptors (Lipinski definition) is 6. The standard InChI is InChI=1S/C25H21ClFN3O5S/c26-18-11-17(27)5-4-16(18)13-30-19-7-9-36-23(19)24(32)29(25(30)33)8-1-2-22(31)28-12-15-3-6-20-21(10-15)35-14-34-20/h3-7,9-11H,1-2,8,12-14H2,(H,28,31). The lowest BCUT2D eigenvalue weighted by atomic mass is 10.2. The molecule has 1 amide bonds. The lowest BCUT2D eigenvalue weighted by Gasteiger charge is -2.13. The molecule has 2 aromatic heterocycles. The van der Waals surface area contributed by atoms with Crippen LogP contribution in [0.1, 0.15) is 24.0 Å². The van der Waals surface area contributed by atoms with Crippen molar-refractivity contribution in [1.29, 1.82) is 0 Å². The van der Waals surface area contributed by atoms with E-state index in [0.29, 0.717) is 40.2 Å². The number of amides is 1. The SMILES string of the molecule is O=C(CCCn1c(=O)c2sccc2n(Cc2ccc(F)cc2Cl)c1=O)NCc1ccc2c(c1)OCO2. The number of carbonyl (C=O) groups is 1. The Morgan fingerprint density at radius 2 is 1.92 bits per heavy atom. The van der Waals surface area contributed by atoms with Crippen LogP contribution in [-0.2, 0) is 24.4 Å². The van der Waals surface area contributed by atoms with Crippen LogP contribution < -0.4 is 26.0 Å². The Bertz CT molecular complexity index is 1580. The van der Waals surface area contributed by atoms with Crippen molar-refractivity contribution in [3.8, 4) is 11.5 Å². The monoisotopic (exact) mass is 529 g/mol. The molecule has 8 nitrogen and oxygen atoms in total. The number of aromatic nitrogens is 2. The highest BCUT2D eigenvalue weighted by atomic mass is 35.5. The van der Waals surface area contributed by atoms with E-state index >= 15 is 0 Å². The molecule has 0 atom stereocenters. The number of nitrogens with zero attached hydrogens (tertiary/aromatic N) is 2. The van der Waals surface area contributed by atoms with Gasteiger partial charge < -0.3 is 14.8 Å². The van der Waals surface area contributed by atoms with Gasteiger partial charge in [-0.05, 0) is 53.3 Å². The number of halogens is 2. The summed E-state index contributed by atoms with van der Waals surface area (Å²) in [4.78, 5) is 38.6. The molecule has 0 fully saturated rings. The largest absolute Gasteiger partial charge is 0.454 e. The topological polar surface area (TPSA) is 91.6 Å². The van der Waals surface area contributed by atoms with Crippen molar-refractivity contribution in [2.75, 3.05) is 6.79 Å². The van der Waals surface area contributed by atoms with E-state index in [-0.39, 0.29) is 37.2 Å². The number of rotatable bonds is 8. The summed E-state index contributed by atoms with van der Waals surface area (Å²) >= 11 is 7.41.